The number of halogens is 2. The van der Waals surface area contributed by atoms with Gasteiger partial charge in [-0.1, -0.05) is 29.3 Å². The van der Waals surface area contributed by atoms with E-state index in [0.29, 0.717) is 29.2 Å². The Morgan fingerprint density at radius 1 is 1.30 bits per heavy atom. The Morgan fingerprint density at radius 2 is 2.09 bits per heavy atom. The number of nitrogens with zero attached hydrogens (tertiary/aromatic N) is 3. The van der Waals surface area contributed by atoms with E-state index >= 15 is 0 Å². The first-order valence-electron chi connectivity index (χ1n) is 6.78. The molecule has 1 aromatic carbocycles. The molecule has 0 saturated heterocycles. The molecule has 117 valence electrons. The molecule has 0 unspecified atom stereocenters. The molecule has 0 spiro atoms. The molecular weight excluding hydrogens is 339 g/mol. The van der Waals surface area contributed by atoms with Gasteiger partial charge in [0.25, 0.3) is 11.8 Å². The molecule has 0 atom stereocenters. The lowest BCUT2D eigenvalue weighted by atomic mass is 10.1. The lowest BCUT2D eigenvalue weighted by Crippen LogP contribution is -2.37. The summed E-state index contributed by atoms with van der Waals surface area (Å²) in [5, 5.41) is 0.540. The summed E-state index contributed by atoms with van der Waals surface area (Å²) < 4.78 is 0. The number of hydrogen-bond acceptors (Lipinski definition) is 4. The Balaban J connectivity index is 1.89. The van der Waals surface area contributed by atoms with E-state index in [-0.39, 0.29) is 23.3 Å². The zero-order valence-electron chi connectivity index (χ0n) is 11.8. The Kier molecular flexibility index (Phi) is 4.19. The monoisotopic (exact) mass is 349 g/mol. The predicted molar refractivity (Wildman–Crippen MR) is 84.3 cm³/mol. The van der Waals surface area contributed by atoms with Gasteiger partial charge in [0.2, 0.25) is 5.82 Å². The SMILES string of the molecule is NC(=O)c1n[c]c2c(n1)CN(C(=O)c1cccc(Cl)c1Cl)CC2. The third-order valence-corrected chi connectivity index (χ3v) is 4.37. The van der Waals surface area contributed by atoms with Crippen LogP contribution in [-0.4, -0.2) is 33.2 Å². The number of nitrogens with two attached hydrogens (primary N) is 1. The Labute approximate surface area is 142 Å². The van der Waals surface area contributed by atoms with Crippen molar-refractivity contribution in [2.45, 2.75) is 13.0 Å². The molecule has 2 amide bonds. The van der Waals surface area contributed by atoms with Crippen LogP contribution in [0.25, 0.3) is 0 Å². The largest absolute Gasteiger partial charge is 0.363 e. The van der Waals surface area contributed by atoms with Gasteiger partial charge in [-0.3, -0.25) is 9.59 Å². The maximum absolute atomic E-state index is 12.6. The van der Waals surface area contributed by atoms with Gasteiger partial charge in [-0.25, -0.2) is 9.97 Å². The van der Waals surface area contributed by atoms with Gasteiger partial charge >= 0.3 is 0 Å². The minimum atomic E-state index is -0.731. The van der Waals surface area contributed by atoms with Crippen molar-refractivity contribution in [3.05, 3.63) is 57.1 Å². The standard InChI is InChI=1S/C15H11Cl2N4O2/c16-10-3-1-2-9(12(10)17)15(23)21-5-4-8-6-19-14(13(18)22)20-11(8)7-21/h1-3H,4-5,7H2,(H2,18,22). The van der Waals surface area contributed by atoms with Crippen molar-refractivity contribution < 1.29 is 9.59 Å². The molecule has 1 radical (unpaired) electrons. The first kappa shape index (κ1) is 15.7. The molecule has 0 bridgehead atoms. The van der Waals surface area contributed by atoms with Crippen LogP contribution >= 0.6 is 23.2 Å². The van der Waals surface area contributed by atoms with Crippen LogP contribution in [0.1, 0.15) is 32.2 Å². The summed E-state index contributed by atoms with van der Waals surface area (Å²) in [7, 11) is 0. The number of hydrogen-bond donors (Lipinski definition) is 1. The Morgan fingerprint density at radius 3 is 2.83 bits per heavy atom. The highest BCUT2D eigenvalue weighted by Crippen LogP contribution is 2.28. The van der Waals surface area contributed by atoms with E-state index in [1.807, 2.05) is 0 Å². The highest BCUT2D eigenvalue weighted by Gasteiger charge is 2.26. The van der Waals surface area contributed by atoms with Crippen LogP contribution < -0.4 is 5.73 Å². The van der Waals surface area contributed by atoms with Crippen LogP contribution in [0.5, 0.6) is 0 Å². The number of aromatic nitrogens is 2. The molecule has 8 heteroatoms. The fourth-order valence-corrected chi connectivity index (χ4v) is 2.75. The van der Waals surface area contributed by atoms with E-state index in [4.69, 9.17) is 28.9 Å². The first-order valence-corrected chi connectivity index (χ1v) is 7.53. The van der Waals surface area contributed by atoms with E-state index < -0.39 is 5.91 Å². The zero-order valence-corrected chi connectivity index (χ0v) is 13.4. The molecule has 2 heterocycles. The quantitative estimate of drug-likeness (QED) is 0.896. The van der Waals surface area contributed by atoms with Crippen molar-refractivity contribution in [1.29, 1.82) is 0 Å². The number of fused-ring (bicyclic) bond motifs is 1. The molecule has 0 aliphatic carbocycles. The first-order chi connectivity index (χ1) is 11.0. The maximum Gasteiger partial charge on any atom is 0.286 e. The second kappa shape index (κ2) is 6.14. The Hall–Kier alpha value is -2.18. The third-order valence-electron chi connectivity index (χ3n) is 3.55. The van der Waals surface area contributed by atoms with Crippen molar-refractivity contribution >= 4 is 35.0 Å². The Bertz CT molecular complexity index is 810. The molecule has 0 saturated carbocycles. The van der Waals surface area contributed by atoms with Crippen LogP contribution in [0.2, 0.25) is 10.0 Å². The van der Waals surface area contributed by atoms with Gasteiger partial charge in [0, 0.05) is 12.1 Å². The fourth-order valence-electron chi connectivity index (χ4n) is 2.37. The number of carbonyl (C=O) groups excluding carboxylic acids is 2. The lowest BCUT2D eigenvalue weighted by Gasteiger charge is -2.28. The summed E-state index contributed by atoms with van der Waals surface area (Å²) in [5.74, 6) is -1.09. The summed E-state index contributed by atoms with van der Waals surface area (Å²) in [5.41, 5.74) is 6.84. The van der Waals surface area contributed by atoms with Gasteiger partial charge in [-0.2, -0.15) is 0 Å². The molecule has 6 nitrogen and oxygen atoms in total. The predicted octanol–water partition coefficient (Wildman–Crippen LogP) is 1.88. The van der Waals surface area contributed by atoms with Gasteiger partial charge in [0.1, 0.15) is 0 Å². The number of amides is 2. The third kappa shape index (κ3) is 3.00. The van der Waals surface area contributed by atoms with Crippen LogP contribution in [0.15, 0.2) is 18.2 Å². The number of rotatable bonds is 2. The van der Waals surface area contributed by atoms with Crippen molar-refractivity contribution in [3.63, 3.8) is 0 Å². The minimum absolute atomic E-state index is 0.112. The molecule has 1 aliphatic rings. The van der Waals surface area contributed by atoms with E-state index in [2.05, 4.69) is 16.2 Å². The van der Waals surface area contributed by atoms with Gasteiger partial charge in [-0.05, 0) is 18.6 Å². The van der Waals surface area contributed by atoms with Gasteiger partial charge < -0.3 is 10.6 Å². The van der Waals surface area contributed by atoms with E-state index in [0.717, 1.165) is 5.56 Å². The molecule has 1 aromatic heterocycles. The molecule has 2 aromatic rings. The van der Waals surface area contributed by atoms with Crippen LogP contribution in [-0.2, 0) is 13.0 Å². The number of carbonyl (C=O) groups is 2. The summed E-state index contributed by atoms with van der Waals surface area (Å²) in [6.45, 7) is 0.709. The smallest absolute Gasteiger partial charge is 0.286 e. The number of primary amides is 1. The van der Waals surface area contributed by atoms with Crippen molar-refractivity contribution in [3.8, 4) is 0 Å². The number of benzene rings is 1. The van der Waals surface area contributed by atoms with Crippen molar-refractivity contribution in [2.24, 2.45) is 5.73 Å². The molecule has 23 heavy (non-hydrogen) atoms. The summed E-state index contributed by atoms with van der Waals surface area (Å²) in [4.78, 5) is 33.3. The average molecular weight is 350 g/mol. The topological polar surface area (TPSA) is 89.2 Å². The second-order valence-electron chi connectivity index (χ2n) is 5.03. The second-order valence-corrected chi connectivity index (χ2v) is 5.81. The molecular formula is C15H11Cl2N4O2. The maximum atomic E-state index is 12.6. The average Bonchev–Trinajstić information content (AvgIpc) is 2.55. The van der Waals surface area contributed by atoms with Gasteiger partial charge in [0.05, 0.1) is 34.0 Å². The highest BCUT2D eigenvalue weighted by atomic mass is 35.5. The molecule has 3 rings (SSSR count). The van der Waals surface area contributed by atoms with Crippen molar-refractivity contribution in [1.82, 2.24) is 14.9 Å². The molecule has 0 fully saturated rings. The van der Waals surface area contributed by atoms with E-state index in [1.165, 1.54) is 0 Å². The van der Waals surface area contributed by atoms with E-state index in [1.54, 1.807) is 23.1 Å². The molecule has 1 aliphatic heterocycles. The van der Waals surface area contributed by atoms with Crippen LogP contribution in [0.4, 0.5) is 0 Å². The van der Waals surface area contributed by atoms with Gasteiger partial charge in [-0.15, -0.1) is 0 Å². The van der Waals surface area contributed by atoms with Crippen molar-refractivity contribution in [2.75, 3.05) is 6.54 Å². The zero-order chi connectivity index (χ0) is 16.6. The highest BCUT2D eigenvalue weighted by molar-refractivity contribution is 6.43. The van der Waals surface area contributed by atoms with Gasteiger partial charge in [0.15, 0.2) is 0 Å². The normalized spacial score (nSPS) is 13.6. The minimum Gasteiger partial charge on any atom is -0.363 e. The lowest BCUT2D eigenvalue weighted by molar-refractivity contribution is 0.0731. The molecule has 2 N–H and O–H groups in total. The summed E-state index contributed by atoms with van der Waals surface area (Å²) >= 11 is 12.1. The summed E-state index contributed by atoms with van der Waals surface area (Å²) in [6, 6.07) is 4.90. The van der Waals surface area contributed by atoms with Crippen LogP contribution in [0, 0.1) is 6.20 Å². The fraction of sp³-hybridized carbons (Fsp3) is 0.200. The summed E-state index contributed by atoms with van der Waals surface area (Å²) in [6.07, 6.45) is 3.30. The van der Waals surface area contributed by atoms with E-state index in [9.17, 15) is 9.59 Å². The van der Waals surface area contributed by atoms with Crippen LogP contribution in [0.3, 0.4) is 0 Å².